The van der Waals surface area contributed by atoms with Crippen LogP contribution in [0.25, 0.3) is 0 Å². The summed E-state index contributed by atoms with van der Waals surface area (Å²) in [7, 11) is 0. The lowest BCUT2D eigenvalue weighted by Crippen LogP contribution is -2.68. The van der Waals surface area contributed by atoms with Gasteiger partial charge < -0.3 is 20.9 Å². The molecular weight excluding hydrogens is 232 g/mol. The molecule has 18 heavy (non-hydrogen) atoms. The first-order valence-corrected chi connectivity index (χ1v) is 6.14. The van der Waals surface area contributed by atoms with Gasteiger partial charge in [-0.3, -0.25) is 4.79 Å². The number of phenols is 1. The molecule has 0 aromatic heterocycles. The molecule has 1 saturated carbocycles. The summed E-state index contributed by atoms with van der Waals surface area (Å²) in [6.45, 7) is 0.731. The van der Waals surface area contributed by atoms with E-state index in [1.165, 1.54) is 12.1 Å². The molecule has 2 fully saturated rings. The molecule has 1 saturated heterocycles. The molecule has 1 heterocycles. The highest BCUT2D eigenvalue weighted by molar-refractivity contribution is 5.94. The van der Waals surface area contributed by atoms with Crippen LogP contribution in [0, 0.1) is 5.92 Å². The Hall–Kier alpha value is -1.59. The summed E-state index contributed by atoms with van der Waals surface area (Å²) >= 11 is 0. The molecule has 1 aliphatic heterocycles. The number of hydrogen-bond acceptors (Lipinski definition) is 4. The molecule has 4 N–H and O–H groups in total. The van der Waals surface area contributed by atoms with Gasteiger partial charge in [-0.2, -0.15) is 0 Å². The molecule has 2 aliphatic rings. The monoisotopic (exact) mass is 248 g/mol. The molecule has 1 amide bonds. The van der Waals surface area contributed by atoms with Gasteiger partial charge in [-0.15, -0.1) is 0 Å². The van der Waals surface area contributed by atoms with Crippen LogP contribution in [0.5, 0.6) is 5.75 Å². The average molecular weight is 248 g/mol. The van der Waals surface area contributed by atoms with Crippen molar-refractivity contribution in [2.45, 2.75) is 24.6 Å². The van der Waals surface area contributed by atoms with Gasteiger partial charge in [0.25, 0.3) is 5.91 Å². The minimum atomic E-state index is -0.176. The van der Waals surface area contributed by atoms with Crippen LogP contribution in [0.1, 0.15) is 16.8 Å². The Bertz CT molecular complexity index is 460. The zero-order valence-corrected chi connectivity index (χ0v) is 9.87. The van der Waals surface area contributed by atoms with Crippen LogP contribution < -0.4 is 11.1 Å². The van der Waals surface area contributed by atoms with E-state index in [0.29, 0.717) is 11.5 Å². The van der Waals surface area contributed by atoms with Gasteiger partial charge in [0.05, 0.1) is 12.1 Å². The van der Waals surface area contributed by atoms with Gasteiger partial charge in [0.1, 0.15) is 5.75 Å². The molecule has 5 nitrogen and oxygen atoms in total. The Balaban J connectivity index is 1.66. The van der Waals surface area contributed by atoms with Crippen molar-refractivity contribution in [3.05, 3.63) is 29.8 Å². The fraction of sp³-hybridized carbons (Fsp3) is 0.462. The standard InChI is InChI=1S/C13H16N2O3/c14-10-9-5-6-18-12(9)11(10)15-13(17)7-1-3-8(16)4-2-7/h1-4,9-12,16H,5-6,14H2,(H,15,17). The predicted octanol–water partition coefficient (Wildman–Crippen LogP) is 0.237. The van der Waals surface area contributed by atoms with E-state index in [1.807, 2.05) is 0 Å². The number of ether oxygens (including phenoxy) is 1. The number of aromatic hydroxyl groups is 1. The quantitative estimate of drug-likeness (QED) is 0.700. The van der Waals surface area contributed by atoms with Crippen molar-refractivity contribution in [1.29, 1.82) is 0 Å². The van der Waals surface area contributed by atoms with Crippen LogP contribution in [0.4, 0.5) is 0 Å². The fourth-order valence-corrected chi connectivity index (χ4v) is 2.78. The molecule has 5 heteroatoms. The van der Waals surface area contributed by atoms with E-state index in [4.69, 9.17) is 10.5 Å². The van der Waals surface area contributed by atoms with E-state index in [9.17, 15) is 9.90 Å². The minimum Gasteiger partial charge on any atom is -0.508 e. The number of benzene rings is 1. The third kappa shape index (κ3) is 1.76. The van der Waals surface area contributed by atoms with E-state index in [-0.39, 0.29) is 29.8 Å². The zero-order valence-electron chi connectivity index (χ0n) is 9.87. The summed E-state index contributed by atoms with van der Waals surface area (Å²) < 4.78 is 5.56. The Morgan fingerprint density at radius 3 is 2.83 bits per heavy atom. The number of rotatable bonds is 2. The van der Waals surface area contributed by atoms with Gasteiger partial charge in [-0.25, -0.2) is 0 Å². The maximum Gasteiger partial charge on any atom is 0.251 e. The molecule has 1 aliphatic carbocycles. The minimum absolute atomic E-state index is 0.0152. The topological polar surface area (TPSA) is 84.6 Å². The van der Waals surface area contributed by atoms with Gasteiger partial charge in [0, 0.05) is 24.1 Å². The summed E-state index contributed by atoms with van der Waals surface area (Å²) in [4.78, 5) is 12.0. The maximum absolute atomic E-state index is 12.0. The third-order valence-electron chi connectivity index (χ3n) is 3.87. The van der Waals surface area contributed by atoms with E-state index in [1.54, 1.807) is 12.1 Å². The lowest BCUT2D eigenvalue weighted by atomic mass is 9.72. The number of fused-ring (bicyclic) bond motifs is 1. The van der Waals surface area contributed by atoms with Crippen LogP contribution in [0.3, 0.4) is 0 Å². The number of phenolic OH excluding ortho intramolecular Hbond substituents is 1. The zero-order chi connectivity index (χ0) is 12.7. The van der Waals surface area contributed by atoms with Crippen molar-refractivity contribution in [2.24, 2.45) is 11.7 Å². The lowest BCUT2D eigenvalue weighted by molar-refractivity contribution is -0.0161. The Kier molecular flexibility index (Phi) is 2.72. The number of amides is 1. The highest BCUT2D eigenvalue weighted by Gasteiger charge is 2.52. The molecule has 96 valence electrons. The molecule has 3 rings (SSSR count). The number of nitrogens with two attached hydrogens (primary N) is 1. The van der Waals surface area contributed by atoms with Crippen LogP contribution in [0.15, 0.2) is 24.3 Å². The Morgan fingerprint density at radius 1 is 1.39 bits per heavy atom. The van der Waals surface area contributed by atoms with Crippen LogP contribution in [0.2, 0.25) is 0 Å². The number of carbonyl (C=O) groups is 1. The molecule has 1 aromatic carbocycles. The summed E-state index contributed by atoms with van der Waals surface area (Å²) in [5, 5.41) is 12.1. The summed E-state index contributed by atoms with van der Waals surface area (Å²) in [5.41, 5.74) is 6.54. The average Bonchev–Trinajstić information content (AvgIpc) is 2.81. The molecule has 0 spiro atoms. The van der Waals surface area contributed by atoms with Crippen LogP contribution >= 0.6 is 0 Å². The second-order valence-corrected chi connectivity index (χ2v) is 4.91. The molecule has 0 radical (unpaired) electrons. The first-order valence-electron chi connectivity index (χ1n) is 6.14. The first-order chi connectivity index (χ1) is 8.66. The van der Waals surface area contributed by atoms with Crippen molar-refractivity contribution >= 4 is 5.91 Å². The highest BCUT2D eigenvalue weighted by Crippen LogP contribution is 2.37. The van der Waals surface area contributed by atoms with Gasteiger partial charge in [-0.05, 0) is 30.7 Å². The van der Waals surface area contributed by atoms with Gasteiger partial charge >= 0.3 is 0 Å². The van der Waals surface area contributed by atoms with Crippen molar-refractivity contribution in [3.8, 4) is 5.75 Å². The van der Waals surface area contributed by atoms with Crippen molar-refractivity contribution < 1.29 is 14.6 Å². The smallest absolute Gasteiger partial charge is 0.251 e. The fourth-order valence-electron chi connectivity index (χ4n) is 2.78. The lowest BCUT2D eigenvalue weighted by Gasteiger charge is -2.45. The van der Waals surface area contributed by atoms with E-state index < -0.39 is 0 Å². The Morgan fingerprint density at radius 2 is 2.11 bits per heavy atom. The van der Waals surface area contributed by atoms with Gasteiger partial charge in [0.2, 0.25) is 0 Å². The predicted molar refractivity (Wildman–Crippen MR) is 65.2 cm³/mol. The summed E-state index contributed by atoms with van der Waals surface area (Å²) in [5.74, 6) is 0.352. The largest absolute Gasteiger partial charge is 0.508 e. The summed E-state index contributed by atoms with van der Waals surface area (Å²) in [6, 6.07) is 6.04. The van der Waals surface area contributed by atoms with E-state index >= 15 is 0 Å². The van der Waals surface area contributed by atoms with Crippen molar-refractivity contribution in [2.75, 3.05) is 6.61 Å². The SMILES string of the molecule is NC1C2CCOC2C1NC(=O)c1ccc(O)cc1. The molecular formula is C13H16N2O3. The van der Waals surface area contributed by atoms with Crippen molar-refractivity contribution in [3.63, 3.8) is 0 Å². The second kappa shape index (κ2) is 4.26. The van der Waals surface area contributed by atoms with Crippen LogP contribution in [-0.4, -0.2) is 35.8 Å². The number of hydrogen-bond donors (Lipinski definition) is 3. The normalized spacial score (nSPS) is 33.6. The second-order valence-electron chi connectivity index (χ2n) is 4.91. The molecule has 4 atom stereocenters. The van der Waals surface area contributed by atoms with E-state index in [2.05, 4.69) is 5.32 Å². The van der Waals surface area contributed by atoms with E-state index in [0.717, 1.165) is 13.0 Å². The highest BCUT2D eigenvalue weighted by atomic mass is 16.5. The van der Waals surface area contributed by atoms with Crippen molar-refractivity contribution in [1.82, 2.24) is 5.32 Å². The van der Waals surface area contributed by atoms with Crippen LogP contribution in [-0.2, 0) is 4.74 Å². The number of nitrogens with one attached hydrogen (secondary N) is 1. The first kappa shape index (κ1) is 11.5. The third-order valence-corrected chi connectivity index (χ3v) is 3.87. The molecule has 4 unspecified atom stereocenters. The summed E-state index contributed by atoms with van der Waals surface area (Å²) in [6.07, 6.45) is 1.05. The molecule has 1 aromatic rings. The number of carbonyl (C=O) groups excluding carboxylic acids is 1. The molecule has 0 bridgehead atoms. The Labute approximate surface area is 105 Å². The van der Waals surface area contributed by atoms with Gasteiger partial charge in [-0.1, -0.05) is 0 Å². The maximum atomic E-state index is 12.0. The van der Waals surface area contributed by atoms with Gasteiger partial charge in [0.15, 0.2) is 0 Å².